The quantitative estimate of drug-likeness (QED) is 0.542. The van der Waals surface area contributed by atoms with Gasteiger partial charge in [-0.3, -0.25) is 16.0 Å². The summed E-state index contributed by atoms with van der Waals surface area (Å²) in [4.78, 5) is 2.53. The number of fused-ring (bicyclic) bond motifs is 2. The third-order valence-electron chi connectivity index (χ3n) is 8.32. The predicted molar refractivity (Wildman–Crippen MR) is 113 cm³/mol. The van der Waals surface area contributed by atoms with E-state index >= 15 is 0 Å². The van der Waals surface area contributed by atoms with Crippen LogP contribution in [0.15, 0.2) is 0 Å². The highest BCUT2D eigenvalue weighted by Crippen LogP contribution is 2.48. The maximum Gasteiger partial charge on any atom is 0.113 e. The molecule has 0 amide bonds. The standard InChI is InChI=1S/C22H41N5O2/c1-13-6-20(23-2)26-22(24-13)25-17-9-18(21-19(10-17)28-4-5-29-21)14-7-15-11-27(3)12-16(15)8-14/h13-26H,4-12H2,1-3H3/t13?,14?,15-,16+,17?,18?,19?,20?,21?,22?. The van der Waals surface area contributed by atoms with Gasteiger partial charge in [0, 0.05) is 25.2 Å². The molecule has 3 aliphatic heterocycles. The lowest BCUT2D eigenvalue weighted by atomic mass is 9.73. The molecule has 7 nitrogen and oxygen atoms in total. The molecule has 3 heterocycles. The van der Waals surface area contributed by atoms with Gasteiger partial charge in [0.25, 0.3) is 0 Å². The first-order valence-corrected chi connectivity index (χ1v) is 12.0. The summed E-state index contributed by atoms with van der Waals surface area (Å²) in [7, 11) is 4.32. The van der Waals surface area contributed by atoms with E-state index in [0.29, 0.717) is 30.3 Å². The molecule has 7 heteroatoms. The lowest BCUT2D eigenvalue weighted by Gasteiger charge is -2.48. The van der Waals surface area contributed by atoms with Gasteiger partial charge in [-0.05, 0) is 76.8 Å². The number of nitrogens with zero attached hydrogens (tertiary/aromatic N) is 1. The third-order valence-corrected chi connectivity index (χ3v) is 8.32. The molecule has 166 valence electrons. The molecule has 8 unspecified atom stereocenters. The van der Waals surface area contributed by atoms with Crippen LogP contribution in [-0.4, -0.2) is 82.0 Å². The second-order valence-corrected chi connectivity index (χ2v) is 10.5. The van der Waals surface area contributed by atoms with Crippen molar-refractivity contribution in [2.45, 2.75) is 75.8 Å². The van der Waals surface area contributed by atoms with Gasteiger partial charge in [0.1, 0.15) is 6.29 Å². The SMILES string of the molecule is CNC1CC(C)NC(NC2CC3OCCOC3C(C3C[C@@H]4CN(C)C[C@@H]4C3)C2)N1. The summed E-state index contributed by atoms with van der Waals surface area (Å²) in [6, 6.07) is 0.970. The zero-order valence-corrected chi connectivity index (χ0v) is 18.4. The second-order valence-electron chi connectivity index (χ2n) is 10.5. The van der Waals surface area contributed by atoms with Crippen molar-refractivity contribution in [3.63, 3.8) is 0 Å². The summed E-state index contributed by atoms with van der Waals surface area (Å²) in [5.41, 5.74) is 0. The Labute approximate surface area is 176 Å². The molecule has 0 aromatic rings. The van der Waals surface area contributed by atoms with Gasteiger partial charge < -0.3 is 19.7 Å². The van der Waals surface area contributed by atoms with E-state index in [9.17, 15) is 0 Å². The first-order valence-electron chi connectivity index (χ1n) is 12.0. The average molecular weight is 408 g/mol. The van der Waals surface area contributed by atoms with E-state index in [1.54, 1.807) is 0 Å². The first kappa shape index (κ1) is 20.6. The lowest BCUT2D eigenvalue weighted by molar-refractivity contribution is -0.187. The van der Waals surface area contributed by atoms with E-state index in [-0.39, 0.29) is 12.4 Å². The van der Waals surface area contributed by atoms with Gasteiger partial charge in [-0.15, -0.1) is 0 Å². The highest BCUT2D eigenvalue weighted by atomic mass is 16.6. The summed E-state index contributed by atoms with van der Waals surface area (Å²) < 4.78 is 12.6. The molecule has 0 radical (unpaired) electrons. The average Bonchev–Trinajstić information content (AvgIpc) is 3.24. The fraction of sp³-hybridized carbons (Fsp3) is 1.00. The molecule has 0 bridgehead atoms. The molecule has 4 N–H and O–H groups in total. The van der Waals surface area contributed by atoms with E-state index < -0.39 is 0 Å². The van der Waals surface area contributed by atoms with Crippen LogP contribution in [0.5, 0.6) is 0 Å². The van der Waals surface area contributed by atoms with Crippen molar-refractivity contribution in [3.05, 3.63) is 0 Å². The zero-order valence-electron chi connectivity index (χ0n) is 18.4. The van der Waals surface area contributed by atoms with Crippen molar-refractivity contribution < 1.29 is 9.47 Å². The van der Waals surface area contributed by atoms with Crippen LogP contribution in [0.4, 0.5) is 0 Å². The molecule has 29 heavy (non-hydrogen) atoms. The minimum Gasteiger partial charge on any atom is -0.373 e. The van der Waals surface area contributed by atoms with Crippen molar-refractivity contribution in [1.82, 2.24) is 26.2 Å². The number of nitrogens with one attached hydrogen (secondary N) is 4. The molecular weight excluding hydrogens is 366 g/mol. The monoisotopic (exact) mass is 407 g/mol. The highest BCUT2D eigenvalue weighted by molar-refractivity contribution is 5.01. The van der Waals surface area contributed by atoms with E-state index in [4.69, 9.17) is 9.47 Å². The van der Waals surface area contributed by atoms with Crippen molar-refractivity contribution in [2.24, 2.45) is 23.7 Å². The Balaban J connectivity index is 1.25. The van der Waals surface area contributed by atoms with Gasteiger partial charge in [-0.25, -0.2) is 0 Å². The number of hydrogen-bond acceptors (Lipinski definition) is 7. The van der Waals surface area contributed by atoms with Crippen molar-refractivity contribution in [3.8, 4) is 0 Å². The predicted octanol–water partition coefficient (Wildman–Crippen LogP) is 0.527. The van der Waals surface area contributed by atoms with Crippen LogP contribution in [0.3, 0.4) is 0 Å². The van der Waals surface area contributed by atoms with Crippen LogP contribution in [0.25, 0.3) is 0 Å². The largest absolute Gasteiger partial charge is 0.373 e. The van der Waals surface area contributed by atoms with Gasteiger partial charge in [0.05, 0.1) is 31.6 Å². The minimum atomic E-state index is 0.152. The third kappa shape index (κ3) is 4.38. The molecule has 3 saturated heterocycles. The van der Waals surface area contributed by atoms with E-state index in [1.165, 1.54) is 32.4 Å². The van der Waals surface area contributed by atoms with Gasteiger partial charge in [0.2, 0.25) is 0 Å². The van der Waals surface area contributed by atoms with Crippen LogP contribution in [0.1, 0.15) is 39.0 Å². The molecular formula is C22H41N5O2. The number of rotatable bonds is 4. The Morgan fingerprint density at radius 2 is 1.66 bits per heavy atom. The van der Waals surface area contributed by atoms with Crippen molar-refractivity contribution in [2.75, 3.05) is 40.4 Å². The summed E-state index contributed by atoms with van der Waals surface area (Å²) in [5.74, 6) is 3.23. The molecule has 0 aromatic carbocycles. The zero-order chi connectivity index (χ0) is 20.0. The number of likely N-dealkylation sites (tertiary alicyclic amines) is 1. The van der Waals surface area contributed by atoms with Crippen molar-refractivity contribution >= 4 is 0 Å². The van der Waals surface area contributed by atoms with E-state index in [0.717, 1.165) is 43.8 Å². The van der Waals surface area contributed by atoms with Crippen LogP contribution in [0, 0.1) is 23.7 Å². The van der Waals surface area contributed by atoms with Gasteiger partial charge in [0.15, 0.2) is 0 Å². The summed E-state index contributed by atoms with van der Waals surface area (Å²) in [6.45, 7) is 6.37. The molecule has 0 spiro atoms. The Bertz CT molecular complexity index is 551. The second kappa shape index (κ2) is 8.69. The van der Waals surface area contributed by atoms with Crippen LogP contribution in [0.2, 0.25) is 0 Å². The molecule has 2 aliphatic carbocycles. The fourth-order valence-corrected chi connectivity index (χ4v) is 7.11. The normalized spacial score (nSPS) is 51.0. The summed E-state index contributed by atoms with van der Waals surface area (Å²) in [6.07, 6.45) is 7.21. The molecule has 0 aromatic heterocycles. The highest BCUT2D eigenvalue weighted by Gasteiger charge is 2.49. The molecule has 5 rings (SSSR count). The van der Waals surface area contributed by atoms with Crippen LogP contribution >= 0.6 is 0 Å². The van der Waals surface area contributed by atoms with Gasteiger partial charge >= 0.3 is 0 Å². The summed E-state index contributed by atoms with van der Waals surface area (Å²) in [5, 5.41) is 14.6. The van der Waals surface area contributed by atoms with Gasteiger partial charge in [-0.2, -0.15) is 0 Å². The minimum absolute atomic E-state index is 0.152. The Hall–Kier alpha value is -0.280. The Morgan fingerprint density at radius 3 is 2.41 bits per heavy atom. The molecule has 5 fully saturated rings. The Morgan fingerprint density at radius 1 is 0.897 bits per heavy atom. The fourth-order valence-electron chi connectivity index (χ4n) is 7.11. The smallest absolute Gasteiger partial charge is 0.113 e. The lowest BCUT2D eigenvalue weighted by Crippen LogP contribution is -2.68. The maximum absolute atomic E-state index is 6.34. The van der Waals surface area contributed by atoms with E-state index in [2.05, 4.69) is 40.1 Å². The molecule has 2 saturated carbocycles. The maximum atomic E-state index is 6.34. The molecule has 5 aliphatic rings. The number of hydrogen-bond donors (Lipinski definition) is 4. The topological polar surface area (TPSA) is 69.8 Å². The first-order chi connectivity index (χ1) is 14.1. The van der Waals surface area contributed by atoms with Crippen LogP contribution in [-0.2, 0) is 9.47 Å². The number of ether oxygens (including phenoxy) is 2. The van der Waals surface area contributed by atoms with Gasteiger partial charge in [-0.1, -0.05) is 0 Å². The Kier molecular flexibility index (Phi) is 6.18. The molecule has 10 atom stereocenters. The van der Waals surface area contributed by atoms with Crippen molar-refractivity contribution in [1.29, 1.82) is 0 Å². The van der Waals surface area contributed by atoms with Crippen LogP contribution < -0.4 is 21.3 Å². The van der Waals surface area contributed by atoms with E-state index in [1.807, 2.05) is 7.05 Å². The summed E-state index contributed by atoms with van der Waals surface area (Å²) >= 11 is 0.